The minimum atomic E-state index is -0.224. The van der Waals surface area contributed by atoms with Crippen molar-refractivity contribution in [3.8, 4) is 0 Å². The van der Waals surface area contributed by atoms with Crippen LogP contribution in [-0.2, 0) is 0 Å². The average molecular weight is 245 g/mol. The highest BCUT2D eigenvalue weighted by atomic mass is 32.2. The van der Waals surface area contributed by atoms with E-state index in [1.165, 1.54) is 24.3 Å². The van der Waals surface area contributed by atoms with E-state index in [1.54, 1.807) is 0 Å². The summed E-state index contributed by atoms with van der Waals surface area (Å²) in [6.07, 6.45) is 2.33. The van der Waals surface area contributed by atoms with Crippen LogP contribution in [-0.4, -0.2) is 35.3 Å². The molecule has 3 heteroatoms. The van der Waals surface area contributed by atoms with Crippen LogP contribution in [0.5, 0.6) is 0 Å². The van der Waals surface area contributed by atoms with Crippen molar-refractivity contribution in [1.82, 2.24) is 5.32 Å². The van der Waals surface area contributed by atoms with E-state index in [1.807, 2.05) is 0 Å². The van der Waals surface area contributed by atoms with Gasteiger partial charge in [0.25, 0.3) is 0 Å². The molecular weight excluding hydrogens is 218 g/mol. The molecule has 1 fully saturated rings. The normalized spacial score (nSPS) is 21.4. The Bertz CT molecular complexity index is 200. The van der Waals surface area contributed by atoms with E-state index >= 15 is 0 Å². The second-order valence-electron chi connectivity index (χ2n) is 5.94. The predicted octanol–water partition coefficient (Wildman–Crippen LogP) is 2.51. The Morgan fingerprint density at radius 3 is 2.38 bits per heavy atom. The molecule has 2 nitrogen and oxygen atoms in total. The number of hydrogen-bond acceptors (Lipinski definition) is 3. The van der Waals surface area contributed by atoms with Crippen LogP contribution in [0.15, 0.2) is 0 Å². The van der Waals surface area contributed by atoms with Gasteiger partial charge < -0.3 is 10.4 Å². The predicted molar refractivity (Wildman–Crippen MR) is 73.0 cm³/mol. The van der Waals surface area contributed by atoms with Crippen molar-refractivity contribution in [2.75, 3.05) is 18.1 Å². The number of nitrogens with one attached hydrogen (secondary N) is 1. The molecule has 0 radical (unpaired) electrons. The molecule has 0 aliphatic carbocycles. The summed E-state index contributed by atoms with van der Waals surface area (Å²) in [6, 6.07) is 0.667. The fourth-order valence-electron chi connectivity index (χ4n) is 2.32. The van der Waals surface area contributed by atoms with Gasteiger partial charge in [0.1, 0.15) is 0 Å². The molecular formula is C13H27NOS. The van der Waals surface area contributed by atoms with Gasteiger partial charge >= 0.3 is 0 Å². The van der Waals surface area contributed by atoms with Crippen molar-refractivity contribution < 1.29 is 5.11 Å². The lowest BCUT2D eigenvalue weighted by molar-refractivity contribution is 0.0120. The molecule has 16 heavy (non-hydrogen) atoms. The molecule has 1 unspecified atom stereocenters. The summed E-state index contributed by atoms with van der Waals surface area (Å²) in [5.41, 5.74) is -0.0290. The quantitative estimate of drug-likeness (QED) is 0.780. The van der Waals surface area contributed by atoms with E-state index < -0.39 is 0 Å². The summed E-state index contributed by atoms with van der Waals surface area (Å²) in [6.45, 7) is 9.40. The SMILES string of the molecule is CC(C)C(O)C(C)(C)CNC1CCSCC1. The summed E-state index contributed by atoms with van der Waals surface area (Å²) in [5.74, 6) is 2.90. The van der Waals surface area contributed by atoms with E-state index in [9.17, 15) is 5.11 Å². The molecule has 1 rings (SSSR count). The standard InChI is InChI=1S/C13H27NOS/c1-10(2)12(15)13(3,4)9-14-11-5-7-16-8-6-11/h10-12,14-15H,5-9H2,1-4H3. The molecule has 1 saturated heterocycles. The monoisotopic (exact) mass is 245 g/mol. The molecule has 0 bridgehead atoms. The van der Waals surface area contributed by atoms with Gasteiger partial charge in [-0.15, -0.1) is 0 Å². The Hall–Kier alpha value is 0.270. The van der Waals surface area contributed by atoms with E-state index in [0.29, 0.717) is 12.0 Å². The number of aliphatic hydroxyl groups is 1. The minimum Gasteiger partial charge on any atom is -0.392 e. The van der Waals surface area contributed by atoms with Crippen LogP contribution >= 0.6 is 11.8 Å². The Morgan fingerprint density at radius 2 is 1.88 bits per heavy atom. The third kappa shape index (κ3) is 4.27. The first-order chi connectivity index (χ1) is 7.43. The summed E-state index contributed by atoms with van der Waals surface area (Å²) >= 11 is 2.05. The number of hydrogen-bond donors (Lipinski definition) is 2. The van der Waals surface area contributed by atoms with Crippen LogP contribution in [0.1, 0.15) is 40.5 Å². The highest BCUT2D eigenvalue weighted by Crippen LogP contribution is 2.26. The molecule has 1 atom stereocenters. The fraction of sp³-hybridized carbons (Fsp3) is 1.00. The van der Waals surface area contributed by atoms with Crippen molar-refractivity contribution in [1.29, 1.82) is 0 Å². The van der Waals surface area contributed by atoms with Gasteiger partial charge in [-0.2, -0.15) is 11.8 Å². The highest BCUT2D eigenvalue weighted by Gasteiger charge is 2.30. The number of aliphatic hydroxyl groups excluding tert-OH is 1. The van der Waals surface area contributed by atoms with Gasteiger partial charge in [-0.25, -0.2) is 0 Å². The minimum absolute atomic E-state index is 0.0290. The van der Waals surface area contributed by atoms with Crippen LogP contribution in [0, 0.1) is 11.3 Å². The van der Waals surface area contributed by atoms with Gasteiger partial charge in [0, 0.05) is 18.0 Å². The molecule has 0 spiro atoms. The molecule has 0 aromatic heterocycles. The topological polar surface area (TPSA) is 32.3 Å². The average Bonchev–Trinajstić information content (AvgIpc) is 2.27. The largest absolute Gasteiger partial charge is 0.392 e. The zero-order chi connectivity index (χ0) is 12.2. The van der Waals surface area contributed by atoms with Gasteiger partial charge in [0.2, 0.25) is 0 Å². The van der Waals surface area contributed by atoms with Gasteiger partial charge in [0.15, 0.2) is 0 Å². The van der Waals surface area contributed by atoms with Gasteiger partial charge in [-0.1, -0.05) is 27.7 Å². The lowest BCUT2D eigenvalue weighted by Crippen LogP contribution is -2.45. The number of rotatable bonds is 5. The van der Waals surface area contributed by atoms with E-state index in [4.69, 9.17) is 0 Å². The molecule has 1 aliphatic rings. The smallest absolute Gasteiger partial charge is 0.0626 e. The van der Waals surface area contributed by atoms with Crippen LogP contribution in [0.2, 0.25) is 0 Å². The lowest BCUT2D eigenvalue weighted by Gasteiger charge is -2.35. The van der Waals surface area contributed by atoms with E-state index in [2.05, 4.69) is 44.8 Å². The van der Waals surface area contributed by atoms with Gasteiger partial charge in [0.05, 0.1) is 6.10 Å². The highest BCUT2D eigenvalue weighted by molar-refractivity contribution is 7.99. The van der Waals surface area contributed by atoms with E-state index in [-0.39, 0.29) is 11.5 Å². The fourth-order valence-corrected chi connectivity index (χ4v) is 3.42. The molecule has 0 aromatic carbocycles. The van der Waals surface area contributed by atoms with Crippen LogP contribution in [0.25, 0.3) is 0 Å². The first kappa shape index (κ1) is 14.3. The van der Waals surface area contributed by atoms with Crippen molar-refractivity contribution >= 4 is 11.8 Å². The molecule has 1 aliphatic heterocycles. The van der Waals surface area contributed by atoms with Crippen molar-refractivity contribution in [2.45, 2.75) is 52.7 Å². The second kappa shape index (κ2) is 6.27. The maximum atomic E-state index is 10.1. The summed E-state index contributed by atoms with van der Waals surface area (Å²) < 4.78 is 0. The maximum Gasteiger partial charge on any atom is 0.0626 e. The maximum absolute atomic E-state index is 10.1. The molecule has 2 N–H and O–H groups in total. The third-order valence-corrected chi connectivity index (χ3v) is 4.55. The zero-order valence-corrected chi connectivity index (χ0v) is 11.9. The van der Waals surface area contributed by atoms with Crippen molar-refractivity contribution in [3.05, 3.63) is 0 Å². The number of thioether (sulfide) groups is 1. The van der Waals surface area contributed by atoms with Crippen molar-refractivity contribution in [2.24, 2.45) is 11.3 Å². The summed E-state index contributed by atoms with van der Waals surface area (Å²) in [5, 5.41) is 13.8. The van der Waals surface area contributed by atoms with Crippen LogP contribution in [0.4, 0.5) is 0 Å². The van der Waals surface area contributed by atoms with Gasteiger partial charge in [-0.3, -0.25) is 0 Å². The van der Waals surface area contributed by atoms with Crippen LogP contribution < -0.4 is 5.32 Å². The third-order valence-electron chi connectivity index (χ3n) is 3.50. The van der Waals surface area contributed by atoms with Crippen molar-refractivity contribution in [3.63, 3.8) is 0 Å². The molecule has 0 saturated carbocycles. The van der Waals surface area contributed by atoms with Gasteiger partial charge in [-0.05, 0) is 30.3 Å². The molecule has 0 amide bonds. The summed E-state index contributed by atoms with van der Waals surface area (Å²) in [7, 11) is 0. The molecule has 1 heterocycles. The first-order valence-corrected chi connectivity index (χ1v) is 7.58. The Kier molecular flexibility index (Phi) is 5.62. The first-order valence-electron chi connectivity index (χ1n) is 6.42. The molecule has 96 valence electrons. The molecule has 0 aromatic rings. The Balaban J connectivity index is 2.34. The van der Waals surface area contributed by atoms with Crippen LogP contribution in [0.3, 0.4) is 0 Å². The Morgan fingerprint density at radius 1 is 1.31 bits per heavy atom. The lowest BCUT2D eigenvalue weighted by atomic mass is 9.80. The zero-order valence-electron chi connectivity index (χ0n) is 11.1. The Labute approximate surface area is 105 Å². The van der Waals surface area contributed by atoms with E-state index in [0.717, 1.165) is 6.54 Å². The second-order valence-corrected chi connectivity index (χ2v) is 7.17. The summed E-state index contributed by atoms with van der Waals surface area (Å²) in [4.78, 5) is 0.